The first-order valence-electron chi connectivity index (χ1n) is 9.12. The van der Waals surface area contributed by atoms with Crippen molar-refractivity contribution in [2.45, 2.75) is 6.92 Å². The minimum absolute atomic E-state index is 0.226. The molecule has 2 amide bonds. The number of nitrogens with one attached hydrogen (secondary N) is 1. The molecule has 0 bridgehead atoms. The largest absolute Gasteiger partial charge is 0.368 e. The SMILES string of the molecule is Cc1ccccc1C(=O)C(=O)NCC(=O)N1CCN(c2cccc(F)c2)CC1. The van der Waals surface area contributed by atoms with Crippen LogP contribution in [0, 0.1) is 12.7 Å². The van der Waals surface area contributed by atoms with Gasteiger partial charge in [0.1, 0.15) is 5.82 Å². The summed E-state index contributed by atoms with van der Waals surface area (Å²) in [7, 11) is 0. The van der Waals surface area contributed by atoms with Gasteiger partial charge in [-0.15, -0.1) is 0 Å². The number of anilines is 1. The van der Waals surface area contributed by atoms with Crippen LogP contribution in [-0.2, 0) is 9.59 Å². The summed E-state index contributed by atoms with van der Waals surface area (Å²) in [5.74, 6) is -1.98. The maximum Gasteiger partial charge on any atom is 0.292 e. The zero-order valence-corrected chi connectivity index (χ0v) is 15.7. The molecule has 1 saturated heterocycles. The third-order valence-corrected chi connectivity index (χ3v) is 4.80. The number of halogens is 1. The predicted octanol–water partition coefficient (Wildman–Crippen LogP) is 1.78. The second-order valence-corrected chi connectivity index (χ2v) is 6.67. The van der Waals surface area contributed by atoms with E-state index in [4.69, 9.17) is 0 Å². The lowest BCUT2D eigenvalue weighted by Gasteiger charge is -2.36. The fourth-order valence-electron chi connectivity index (χ4n) is 3.18. The van der Waals surface area contributed by atoms with Crippen LogP contribution in [0.4, 0.5) is 10.1 Å². The summed E-state index contributed by atoms with van der Waals surface area (Å²) in [5, 5.41) is 2.41. The van der Waals surface area contributed by atoms with Gasteiger partial charge in [-0.2, -0.15) is 0 Å². The molecule has 0 aliphatic carbocycles. The van der Waals surface area contributed by atoms with Crippen LogP contribution in [0.3, 0.4) is 0 Å². The number of carbonyl (C=O) groups excluding carboxylic acids is 3. The fourth-order valence-corrected chi connectivity index (χ4v) is 3.18. The Morgan fingerprint density at radius 3 is 2.39 bits per heavy atom. The molecule has 0 atom stereocenters. The maximum absolute atomic E-state index is 13.4. The lowest BCUT2D eigenvalue weighted by atomic mass is 10.0. The minimum atomic E-state index is -0.791. The molecule has 7 heteroatoms. The van der Waals surface area contributed by atoms with Gasteiger partial charge >= 0.3 is 0 Å². The van der Waals surface area contributed by atoms with E-state index in [-0.39, 0.29) is 18.3 Å². The Kier molecular flexibility index (Phi) is 6.03. The highest BCUT2D eigenvalue weighted by atomic mass is 19.1. The first kappa shape index (κ1) is 19.5. The Hall–Kier alpha value is -3.22. The number of amides is 2. The van der Waals surface area contributed by atoms with Crippen LogP contribution in [0.5, 0.6) is 0 Å². The molecule has 0 unspecified atom stereocenters. The highest BCUT2D eigenvalue weighted by molar-refractivity contribution is 6.43. The van der Waals surface area contributed by atoms with E-state index in [1.54, 1.807) is 42.2 Å². The van der Waals surface area contributed by atoms with Crippen molar-refractivity contribution in [2.24, 2.45) is 0 Å². The zero-order chi connectivity index (χ0) is 20.1. The number of hydrogen-bond acceptors (Lipinski definition) is 4. The standard InChI is InChI=1S/C21H22FN3O3/c1-15-5-2-3-8-18(15)20(27)21(28)23-14-19(26)25-11-9-24(10-12-25)17-7-4-6-16(22)13-17/h2-8,13H,9-12,14H2,1H3,(H,23,28). The van der Waals surface area contributed by atoms with E-state index in [2.05, 4.69) is 5.32 Å². The van der Waals surface area contributed by atoms with Gasteiger partial charge < -0.3 is 15.1 Å². The quantitative estimate of drug-likeness (QED) is 0.631. The van der Waals surface area contributed by atoms with Gasteiger partial charge in [-0.25, -0.2) is 4.39 Å². The monoisotopic (exact) mass is 383 g/mol. The third kappa shape index (κ3) is 4.54. The zero-order valence-electron chi connectivity index (χ0n) is 15.7. The molecule has 28 heavy (non-hydrogen) atoms. The summed E-state index contributed by atoms with van der Waals surface area (Å²) in [5.41, 5.74) is 1.82. The molecule has 0 saturated carbocycles. The van der Waals surface area contributed by atoms with E-state index in [1.165, 1.54) is 12.1 Å². The van der Waals surface area contributed by atoms with Gasteiger partial charge in [-0.05, 0) is 30.7 Å². The Morgan fingerprint density at radius 2 is 1.71 bits per heavy atom. The number of piperazine rings is 1. The van der Waals surface area contributed by atoms with E-state index < -0.39 is 11.7 Å². The number of benzene rings is 2. The predicted molar refractivity (Wildman–Crippen MR) is 104 cm³/mol. The van der Waals surface area contributed by atoms with E-state index in [0.29, 0.717) is 37.3 Å². The molecule has 6 nitrogen and oxygen atoms in total. The first-order valence-corrected chi connectivity index (χ1v) is 9.12. The smallest absolute Gasteiger partial charge is 0.292 e. The minimum Gasteiger partial charge on any atom is -0.368 e. The van der Waals surface area contributed by atoms with Crippen LogP contribution in [-0.4, -0.2) is 55.2 Å². The number of carbonyl (C=O) groups is 3. The van der Waals surface area contributed by atoms with Crippen molar-refractivity contribution in [2.75, 3.05) is 37.6 Å². The number of Topliss-reactive ketones (excluding diaryl/α,β-unsaturated/α-hetero) is 1. The van der Waals surface area contributed by atoms with Crippen LogP contribution in [0.25, 0.3) is 0 Å². The van der Waals surface area contributed by atoms with Crippen molar-refractivity contribution >= 4 is 23.3 Å². The molecule has 1 N–H and O–H groups in total. The topological polar surface area (TPSA) is 69.7 Å². The highest BCUT2D eigenvalue weighted by Gasteiger charge is 2.23. The fraction of sp³-hybridized carbons (Fsp3) is 0.286. The summed E-state index contributed by atoms with van der Waals surface area (Å²) in [6.07, 6.45) is 0. The Bertz CT molecular complexity index is 892. The summed E-state index contributed by atoms with van der Waals surface area (Å²) >= 11 is 0. The number of ketones is 1. The molecule has 1 aliphatic heterocycles. The highest BCUT2D eigenvalue weighted by Crippen LogP contribution is 2.17. The summed E-state index contributed by atoms with van der Waals surface area (Å²) in [4.78, 5) is 40.3. The lowest BCUT2D eigenvalue weighted by Crippen LogP contribution is -2.51. The van der Waals surface area contributed by atoms with Crippen molar-refractivity contribution in [1.82, 2.24) is 10.2 Å². The van der Waals surface area contributed by atoms with Crippen LogP contribution >= 0.6 is 0 Å². The average Bonchev–Trinajstić information content (AvgIpc) is 2.71. The van der Waals surface area contributed by atoms with Gasteiger partial charge in [0.2, 0.25) is 11.7 Å². The van der Waals surface area contributed by atoms with Gasteiger partial charge in [-0.3, -0.25) is 14.4 Å². The maximum atomic E-state index is 13.4. The lowest BCUT2D eigenvalue weighted by molar-refractivity contribution is -0.132. The molecule has 0 spiro atoms. The number of aryl methyl sites for hydroxylation is 1. The average molecular weight is 383 g/mol. The summed E-state index contributed by atoms with van der Waals surface area (Å²) in [6, 6.07) is 13.2. The van der Waals surface area contributed by atoms with Gasteiger partial charge in [-0.1, -0.05) is 30.3 Å². The van der Waals surface area contributed by atoms with Crippen LogP contribution in [0.2, 0.25) is 0 Å². The van der Waals surface area contributed by atoms with E-state index in [9.17, 15) is 18.8 Å². The van der Waals surface area contributed by atoms with Crippen LogP contribution in [0.15, 0.2) is 48.5 Å². The van der Waals surface area contributed by atoms with Crippen LogP contribution in [0.1, 0.15) is 15.9 Å². The normalized spacial score (nSPS) is 13.9. The molecule has 146 valence electrons. The number of hydrogen-bond donors (Lipinski definition) is 1. The second kappa shape index (κ2) is 8.65. The first-order chi connectivity index (χ1) is 13.5. The third-order valence-electron chi connectivity index (χ3n) is 4.80. The number of rotatable bonds is 5. The van der Waals surface area contributed by atoms with Gasteiger partial charge in [0, 0.05) is 37.4 Å². The Labute approximate surface area is 162 Å². The summed E-state index contributed by atoms with van der Waals surface area (Å²) in [6.45, 7) is 3.62. The van der Waals surface area contributed by atoms with E-state index in [1.807, 2.05) is 11.0 Å². The van der Waals surface area contributed by atoms with Crippen molar-refractivity contribution in [3.8, 4) is 0 Å². The van der Waals surface area contributed by atoms with Crippen molar-refractivity contribution < 1.29 is 18.8 Å². The van der Waals surface area contributed by atoms with Gasteiger partial charge in [0.25, 0.3) is 5.91 Å². The molecule has 1 heterocycles. The Balaban J connectivity index is 1.49. The second-order valence-electron chi connectivity index (χ2n) is 6.67. The van der Waals surface area contributed by atoms with Crippen molar-refractivity contribution in [1.29, 1.82) is 0 Å². The molecule has 0 aromatic heterocycles. The van der Waals surface area contributed by atoms with E-state index in [0.717, 1.165) is 5.69 Å². The molecule has 2 aromatic carbocycles. The molecule has 1 fully saturated rings. The molecular weight excluding hydrogens is 361 g/mol. The molecule has 3 rings (SSSR count). The van der Waals surface area contributed by atoms with Gasteiger partial charge in [0.05, 0.1) is 6.54 Å². The van der Waals surface area contributed by atoms with Crippen LogP contribution < -0.4 is 10.2 Å². The van der Waals surface area contributed by atoms with Gasteiger partial charge in [0.15, 0.2) is 0 Å². The van der Waals surface area contributed by atoms with Crippen molar-refractivity contribution in [3.63, 3.8) is 0 Å². The molecule has 0 radical (unpaired) electrons. The molecule has 1 aliphatic rings. The Morgan fingerprint density at radius 1 is 1.00 bits per heavy atom. The molecule has 2 aromatic rings. The van der Waals surface area contributed by atoms with Crippen molar-refractivity contribution in [3.05, 3.63) is 65.5 Å². The van der Waals surface area contributed by atoms with E-state index >= 15 is 0 Å². The number of nitrogens with zero attached hydrogens (tertiary/aromatic N) is 2. The summed E-state index contributed by atoms with van der Waals surface area (Å²) < 4.78 is 13.4. The molecular formula is C21H22FN3O3.